The number of nitrogens with zero attached hydrogens (tertiary/aromatic N) is 2. The molecule has 0 aliphatic carbocycles. The highest BCUT2D eigenvalue weighted by molar-refractivity contribution is 5.98. The molecule has 2 N–H and O–H groups in total. The molecule has 1 unspecified atom stereocenters. The first kappa shape index (κ1) is 13.7. The zero-order chi connectivity index (χ0) is 14.0. The molecule has 104 valence electrons. The monoisotopic (exact) mass is 261 g/mol. The summed E-state index contributed by atoms with van der Waals surface area (Å²) in [7, 11) is 1.67. The van der Waals surface area contributed by atoms with Crippen molar-refractivity contribution in [1.82, 2.24) is 0 Å². The molecule has 2 rings (SSSR count). The molecule has 0 spiro atoms. The van der Waals surface area contributed by atoms with Gasteiger partial charge in [-0.2, -0.15) is 0 Å². The van der Waals surface area contributed by atoms with E-state index in [2.05, 4.69) is 30.7 Å². The van der Waals surface area contributed by atoms with Gasteiger partial charge in [0.25, 0.3) is 0 Å². The molecule has 0 bridgehead atoms. The third-order valence-electron chi connectivity index (χ3n) is 3.53. The van der Waals surface area contributed by atoms with E-state index >= 15 is 0 Å². The van der Waals surface area contributed by atoms with E-state index in [1.54, 1.807) is 7.11 Å². The van der Waals surface area contributed by atoms with Crippen molar-refractivity contribution in [2.75, 3.05) is 18.6 Å². The Morgan fingerprint density at radius 3 is 2.53 bits per heavy atom. The van der Waals surface area contributed by atoms with Gasteiger partial charge in [0.1, 0.15) is 5.75 Å². The second-order valence-corrected chi connectivity index (χ2v) is 5.80. The van der Waals surface area contributed by atoms with E-state index in [4.69, 9.17) is 10.5 Å². The van der Waals surface area contributed by atoms with Gasteiger partial charge < -0.3 is 15.4 Å². The number of hydrogen-bond donors (Lipinski definition) is 1. The van der Waals surface area contributed by atoms with Crippen molar-refractivity contribution in [2.45, 2.75) is 32.7 Å². The summed E-state index contributed by atoms with van der Waals surface area (Å²) in [5.41, 5.74) is 7.11. The maximum atomic E-state index is 6.08. The lowest BCUT2D eigenvalue weighted by atomic mass is 9.89. The molecule has 1 atom stereocenters. The van der Waals surface area contributed by atoms with Crippen molar-refractivity contribution in [3.8, 4) is 5.75 Å². The van der Waals surface area contributed by atoms with Gasteiger partial charge >= 0.3 is 0 Å². The van der Waals surface area contributed by atoms with Gasteiger partial charge in [0.05, 0.1) is 19.2 Å². The molecule has 1 aliphatic rings. The lowest BCUT2D eigenvalue weighted by Gasteiger charge is -2.37. The molecule has 1 aromatic carbocycles. The molecule has 0 saturated carbocycles. The van der Waals surface area contributed by atoms with E-state index in [1.807, 2.05) is 24.3 Å². The largest absolute Gasteiger partial charge is 0.497 e. The number of nitrogens with two attached hydrogens (primary N) is 1. The zero-order valence-corrected chi connectivity index (χ0v) is 12.2. The first-order chi connectivity index (χ1) is 8.96. The van der Waals surface area contributed by atoms with Crippen molar-refractivity contribution in [3.05, 3.63) is 24.3 Å². The molecule has 4 heteroatoms. The van der Waals surface area contributed by atoms with Crippen LogP contribution in [0.4, 0.5) is 5.69 Å². The van der Waals surface area contributed by atoms with Crippen LogP contribution in [0.5, 0.6) is 5.75 Å². The third-order valence-corrected chi connectivity index (χ3v) is 3.53. The van der Waals surface area contributed by atoms with Crippen LogP contribution in [0.3, 0.4) is 0 Å². The molecule has 0 saturated heterocycles. The van der Waals surface area contributed by atoms with E-state index in [9.17, 15) is 0 Å². The highest BCUT2D eigenvalue weighted by Crippen LogP contribution is 2.34. The van der Waals surface area contributed by atoms with Crippen molar-refractivity contribution in [2.24, 2.45) is 16.6 Å². The maximum absolute atomic E-state index is 6.08. The maximum Gasteiger partial charge on any atom is 0.196 e. The van der Waals surface area contributed by atoms with Crippen molar-refractivity contribution >= 4 is 11.6 Å². The highest BCUT2D eigenvalue weighted by atomic mass is 16.5. The molecule has 1 aromatic rings. The summed E-state index contributed by atoms with van der Waals surface area (Å²) in [4.78, 5) is 6.58. The van der Waals surface area contributed by atoms with Crippen LogP contribution in [0.25, 0.3) is 0 Å². The Kier molecular flexibility index (Phi) is 3.69. The van der Waals surface area contributed by atoms with Gasteiger partial charge in [-0.15, -0.1) is 0 Å². The summed E-state index contributed by atoms with van der Waals surface area (Å²) in [5.74, 6) is 2.06. The number of ether oxygens (including phenoxy) is 1. The van der Waals surface area contributed by atoms with E-state index < -0.39 is 0 Å². The fourth-order valence-electron chi connectivity index (χ4n) is 2.88. The molecule has 4 nitrogen and oxygen atoms in total. The summed E-state index contributed by atoms with van der Waals surface area (Å²) in [6, 6.07) is 7.98. The minimum absolute atomic E-state index is 0.0349. The number of aliphatic imine (C=N–C) groups is 1. The number of rotatable bonds is 4. The predicted octanol–water partition coefficient (Wildman–Crippen LogP) is 2.63. The summed E-state index contributed by atoms with van der Waals surface area (Å²) >= 11 is 0. The standard InChI is InChI=1S/C15H23N3O/c1-11(2)9-15(3)10-17-14(16)18(15)12-5-7-13(19-4)8-6-12/h5-8,11H,9-10H2,1-4H3,(H2,16,17). The van der Waals surface area contributed by atoms with E-state index in [0.29, 0.717) is 11.9 Å². The average Bonchev–Trinajstić information content (AvgIpc) is 2.64. The molecular weight excluding hydrogens is 238 g/mol. The Labute approximate surface area is 115 Å². The zero-order valence-electron chi connectivity index (χ0n) is 12.2. The number of methoxy groups -OCH3 is 1. The van der Waals surface area contributed by atoms with Crippen LogP contribution in [0.1, 0.15) is 27.2 Å². The summed E-state index contributed by atoms with van der Waals surface area (Å²) < 4.78 is 5.20. The number of benzene rings is 1. The minimum atomic E-state index is -0.0349. The van der Waals surface area contributed by atoms with E-state index in [-0.39, 0.29) is 5.54 Å². The van der Waals surface area contributed by atoms with Crippen LogP contribution >= 0.6 is 0 Å². The fourth-order valence-corrected chi connectivity index (χ4v) is 2.88. The number of guanidine groups is 1. The van der Waals surface area contributed by atoms with Crippen molar-refractivity contribution < 1.29 is 4.74 Å². The molecule has 1 aliphatic heterocycles. The van der Waals surface area contributed by atoms with Crippen LogP contribution in [0.2, 0.25) is 0 Å². The molecular formula is C15H23N3O. The normalized spacial score (nSPS) is 22.8. The smallest absolute Gasteiger partial charge is 0.196 e. The second kappa shape index (κ2) is 5.11. The third kappa shape index (κ3) is 2.67. The second-order valence-electron chi connectivity index (χ2n) is 5.80. The number of hydrogen-bond acceptors (Lipinski definition) is 4. The summed E-state index contributed by atoms with van der Waals surface area (Å²) in [5, 5.41) is 0. The molecule has 19 heavy (non-hydrogen) atoms. The van der Waals surface area contributed by atoms with Gasteiger partial charge in [0.15, 0.2) is 5.96 Å². The van der Waals surface area contributed by atoms with Crippen molar-refractivity contribution in [1.29, 1.82) is 0 Å². The van der Waals surface area contributed by atoms with Gasteiger partial charge in [0, 0.05) is 5.69 Å². The lowest BCUT2D eigenvalue weighted by molar-refractivity contribution is 0.392. The molecule has 0 fully saturated rings. The van der Waals surface area contributed by atoms with Gasteiger partial charge in [-0.25, -0.2) is 0 Å². The van der Waals surface area contributed by atoms with E-state index in [1.165, 1.54) is 0 Å². The first-order valence-corrected chi connectivity index (χ1v) is 6.70. The molecule has 1 heterocycles. The van der Waals surface area contributed by atoms with E-state index in [0.717, 1.165) is 24.4 Å². The number of anilines is 1. The Bertz CT molecular complexity index is 467. The van der Waals surface area contributed by atoms with Crippen LogP contribution in [-0.2, 0) is 0 Å². The average molecular weight is 261 g/mol. The van der Waals surface area contributed by atoms with Crippen LogP contribution in [-0.4, -0.2) is 25.2 Å². The molecule has 0 aromatic heterocycles. The van der Waals surface area contributed by atoms with Crippen LogP contribution in [0, 0.1) is 5.92 Å². The van der Waals surface area contributed by atoms with Gasteiger partial charge in [-0.3, -0.25) is 4.99 Å². The van der Waals surface area contributed by atoms with Gasteiger partial charge in [-0.05, 0) is 43.5 Å². The topological polar surface area (TPSA) is 50.9 Å². The van der Waals surface area contributed by atoms with Gasteiger partial charge in [0.2, 0.25) is 0 Å². The SMILES string of the molecule is COc1ccc(N2C(N)=NCC2(C)CC(C)C)cc1. The van der Waals surface area contributed by atoms with Crippen LogP contribution in [0.15, 0.2) is 29.3 Å². The lowest BCUT2D eigenvalue weighted by Crippen LogP contribution is -2.50. The quantitative estimate of drug-likeness (QED) is 0.906. The Hall–Kier alpha value is -1.71. The summed E-state index contributed by atoms with van der Waals surface area (Å²) in [6.07, 6.45) is 1.06. The Morgan fingerprint density at radius 1 is 1.37 bits per heavy atom. The predicted molar refractivity (Wildman–Crippen MR) is 79.8 cm³/mol. The Morgan fingerprint density at radius 2 is 2.00 bits per heavy atom. The minimum Gasteiger partial charge on any atom is -0.497 e. The first-order valence-electron chi connectivity index (χ1n) is 6.70. The van der Waals surface area contributed by atoms with Crippen molar-refractivity contribution in [3.63, 3.8) is 0 Å². The summed E-state index contributed by atoms with van der Waals surface area (Å²) in [6.45, 7) is 7.43. The van der Waals surface area contributed by atoms with Crippen LogP contribution < -0.4 is 15.4 Å². The highest BCUT2D eigenvalue weighted by Gasteiger charge is 2.39. The Balaban J connectivity index is 2.30. The van der Waals surface area contributed by atoms with Gasteiger partial charge in [-0.1, -0.05) is 13.8 Å². The molecule has 0 radical (unpaired) electrons. The molecule has 0 amide bonds. The fraction of sp³-hybridized carbons (Fsp3) is 0.533.